The van der Waals surface area contributed by atoms with Crippen molar-refractivity contribution in [2.75, 3.05) is 20.0 Å². The van der Waals surface area contributed by atoms with Gasteiger partial charge in [-0.15, -0.1) is 11.3 Å². The first-order valence-corrected chi connectivity index (χ1v) is 6.26. The Kier molecular flexibility index (Phi) is 3.71. The van der Waals surface area contributed by atoms with Gasteiger partial charge in [0.25, 0.3) is 0 Å². The summed E-state index contributed by atoms with van der Waals surface area (Å²) in [5, 5.41) is 1.90. The minimum absolute atomic E-state index is 0.163. The van der Waals surface area contributed by atoms with Gasteiger partial charge in [0, 0.05) is 10.9 Å². The molecule has 0 aliphatic carbocycles. The lowest BCUT2D eigenvalue weighted by molar-refractivity contribution is 0.0603. The van der Waals surface area contributed by atoms with Crippen LogP contribution in [0.1, 0.15) is 10.4 Å². The molecule has 1 heterocycles. The summed E-state index contributed by atoms with van der Waals surface area (Å²) in [6, 6.07) is 4.45. The Labute approximate surface area is 113 Å². The number of benzene rings is 1. The van der Waals surface area contributed by atoms with Gasteiger partial charge >= 0.3 is 5.97 Å². The average molecular weight is 281 g/mol. The lowest BCUT2D eigenvalue weighted by atomic mass is 10.0. The first-order chi connectivity index (χ1) is 9.10. The van der Waals surface area contributed by atoms with Crippen LogP contribution in [0.3, 0.4) is 0 Å². The fraction of sp³-hybridized carbons (Fsp3) is 0.154. The number of rotatable bonds is 3. The third kappa shape index (κ3) is 2.26. The quantitative estimate of drug-likeness (QED) is 0.879. The van der Waals surface area contributed by atoms with E-state index in [0.717, 1.165) is 11.3 Å². The van der Waals surface area contributed by atoms with Gasteiger partial charge in [-0.2, -0.15) is 0 Å². The van der Waals surface area contributed by atoms with Gasteiger partial charge in [-0.05, 0) is 12.1 Å². The highest BCUT2D eigenvalue weighted by molar-refractivity contribution is 7.15. The van der Waals surface area contributed by atoms with Crippen molar-refractivity contribution in [1.29, 1.82) is 0 Å². The van der Waals surface area contributed by atoms with Gasteiger partial charge in [-0.3, -0.25) is 0 Å². The number of anilines is 1. The van der Waals surface area contributed by atoms with E-state index in [4.69, 9.17) is 10.5 Å². The summed E-state index contributed by atoms with van der Waals surface area (Å²) in [7, 11) is 2.69. The smallest absolute Gasteiger partial charge is 0.341 e. The molecule has 2 N–H and O–H groups in total. The standard InChI is InChI=1S/C13H12FNO3S/c1-17-9-5-3-4-8(14)10(9)7-6-19-12(15)11(7)13(16)18-2/h3-6H,15H2,1-2H3. The molecule has 100 valence electrons. The first kappa shape index (κ1) is 13.4. The Morgan fingerprint density at radius 1 is 1.37 bits per heavy atom. The van der Waals surface area contributed by atoms with Crippen molar-refractivity contribution in [3.8, 4) is 16.9 Å². The van der Waals surface area contributed by atoms with Crippen LogP contribution in [0, 0.1) is 5.82 Å². The van der Waals surface area contributed by atoms with E-state index in [1.54, 1.807) is 11.4 Å². The molecule has 2 rings (SSSR count). The fourth-order valence-corrected chi connectivity index (χ4v) is 2.60. The first-order valence-electron chi connectivity index (χ1n) is 5.38. The molecule has 0 atom stereocenters. The maximum absolute atomic E-state index is 14.0. The van der Waals surface area contributed by atoms with Crippen LogP contribution in [-0.4, -0.2) is 20.2 Å². The summed E-state index contributed by atoms with van der Waals surface area (Å²) in [4.78, 5) is 11.7. The molecule has 4 nitrogen and oxygen atoms in total. The highest BCUT2D eigenvalue weighted by Gasteiger charge is 2.23. The van der Waals surface area contributed by atoms with E-state index in [2.05, 4.69) is 4.74 Å². The molecule has 0 unspecified atom stereocenters. The summed E-state index contributed by atoms with van der Waals surface area (Å²) in [6.45, 7) is 0. The molecule has 0 amide bonds. The molecular weight excluding hydrogens is 269 g/mol. The second-order valence-corrected chi connectivity index (χ2v) is 4.61. The molecule has 0 bridgehead atoms. The molecule has 0 saturated carbocycles. The van der Waals surface area contributed by atoms with Crippen molar-refractivity contribution < 1.29 is 18.7 Å². The monoisotopic (exact) mass is 281 g/mol. The molecule has 0 fully saturated rings. The van der Waals surface area contributed by atoms with E-state index in [0.29, 0.717) is 11.3 Å². The zero-order chi connectivity index (χ0) is 14.0. The minimum Gasteiger partial charge on any atom is -0.496 e. The second-order valence-electron chi connectivity index (χ2n) is 3.70. The maximum Gasteiger partial charge on any atom is 0.341 e. The van der Waals surface area contributed by atoms with Crippen molar-refractivity contribution >= 4 is 22.3 Å². The molecule has 1 aromatic carbocycles. The van der Waals surface area contributed by atoms with Gasteiger partial charge in [0.1, 0.15) is 22.1 Å². The number of methoxy groups -OCH3 is 2. The van der Waals surface area contributed by atoms with Crippen LogP contribution in [0.25, 0.3) is 11.1 Å². The Morgan fingerprint density at radius 3 is 2.74 bits per heavy atom. The molecule has 0 spiro atoms. The van der Waals surface area contributed by atoms with Crippen LogP contribution in [0.5, 0.6) is 5.75 Å². The number of esters is 1. The molecule has 0 aliphatic heterocycles. The van der Waals surface area contributed by atoms with E-state index >= 15 is 0 Å². The summed E-state index contributed by atoms with van der Waals surface area (Å²) >= 11 is 1.15. The third-order valence-electron chi connectivity index (χ3n) is 2.67. The van der Waals surface area contributed by atoms with Gasteiger partial charge in [0.05, 0.1) is 19.8 Å². The zero-order valence-corrected chi connectivity index (χ0v) is 11.2. The lowest BCUT2D eigenvalue weighted by Crippen LogP contribution is -2.05. The summed E-state index contributed by atoms with van der Waals surface area (Å²) in [5.41, 5.74) is 6.50. The largest absolute Gasteiger partial charge is 0.496 e. The molecule has 0 aliphatic rings. The summed E-state index contributed by atoms with van der Waals surface area (Å²) in [6.07, 6.45) is 0. The predicted octanol–water partition coefficient (Wildman–Crippen LogP) is 2.93. The van der Waals surface area contributed by atoms with Gasteiger partial charge < -0.3 is 15.2 Å². The predicted molar refractivity (Wildman–Crippen MR) is 72.0 cm³/mol. The van der Waals surface area contributed by atoms with Gasteiger partial charge in [0.2, 0.25) is 0 Å². The number of hydrogen-bond donors (Lipinski definition) is 1. The van der Waals surface area contributed by atoms with E-state index < -0.39 is 11.8 Å². The van der Waals surface area contributed by atoms with Crippen LogP contribution in [-0.2, 0) is 4.74 Å². The second kappa shape index (κ2) is 5.27. The number of halogens is 1. The van der Waals surface area contributed by atoms with Crippen LogP contribution in [0.2, 0.25) is 0 Å². The van der Waals surface area contributed by atoms with Crippen molar-refractivity contribution in [1.82, 2.24) is 0 Å². The Hall–Kier alpha value is -2.08. The lowest BCUT2D eigenvalue weighted by Gasteiger charge is -2.10. The fourth-order valence-electron chi connectivity index (χ4n) is 1.81. The van der Waals surface area contributed by atoms with Gasteiger partial charge in [-0.1, -0.05) is 6.07 Å². The molecule has 0 saturated heterocycles. The Bertz CT molecular complexity index is 624. The number of nitrogen functional groups attached to an aromatic ring is 1. The Morgan fingerprint density at radius 2 is 2.11 bits per heavy atom. The van der Waals surface area contributed by atoms with Crippen molar-refractivity contribution in [2.24, 2.45) is 0 Å². The molecule has 1 aromatic heterocycles. The highest BCUT2D eigenvalue weighted by Crippen LogP contribution is 2.40. The maximum atomic E-state index is 14.0. The van der Waals surface area contributed by atoms with Gasteiger partial charge in [-0.25, -0.2) is 9.18 Å². The number of carbonyl (C=O) groups is 1. The molecular formula is C13H12FNO3S. The normalized spacial score (nSPS) is 10.3. The number of thiophene rings is 1. The molecule has 19 heavy (non-hydrogen) atoms. The van der Waals surface area contributed by atoms with E-state index in [9.17, 15) is 9.18 Å². The average Bonchev–Trinajstić information content (AvgIpc) is 2.79. The topological polar surface area (TPSA) is 61.5 Å². The van der Waals surface area contributed by atoms with Crippen LogP contribution in [0.4, 0.5) is 9.39 Å². The van der Waals surface area contributed by atoms with Crippen LogP contribution < -0.4 is 10.5 Å². The number of hydrogen-bond acceptors (Lipinski definition) is 5. The van der Waals surface area contributed by atoms with Crippen LogP contribution >= 0.6 is 11.3 Å². The zero-order valence-electron chi connectivity index (χ0n) is 10.4. The summed E-state index contributed by atoms with van der Waals surface area (Å²) < 4.78 is 23.8. The molecule has 6 heteroatoms. The third-order valence-corrected chi connectivity index (χ3v) is 3.49. The molecule has 0 radical (unpaired) electrons. The van der Waals surface area contributed by atoms with Crippen molar-refractivity contribution in [3.63, 3.8) is 0 Å². The van der Waals surface area contributed by atoms with E-state index in [1.807, 2.05) is 0 Å². The SMILES string of the molecule is COC(=O)c1c(-c2c(F)cccc2OC)csc1N. The minimum atomic E-state index is -0.598. The number of carbonyl (C=O) groups excluding carboxylic acids is 1. The van der Waals surface area contributed by atoms with Crippen LogP contribution in [0.15, 0.2) is 23.6 Å². The highest BCUT2D eigenvalue weighted by atomic mass is 32.1. The Balaban J connectivity index is 2.70. The molecule has 2 aromatic rings. The van der Waals surface area contributed by atoms with E-state index in [1.165, 1.54) is 26.4 Å². The summed E-state index contributed by atoms with van der Waals surface area (Å²) in [5.74, 6) is -0.746. The van der Waals surface area contributed by atoms with Crippen molar-refractivity contribution in [3.05, 3.63) is 35.0 Å². The van der Waals surface area contributed by atoms with Crippen molar-refractivity contribution in [2.45, 2.75) is 0 Å². The van der Waals surface area contributed by atoms with Gasteiger partial charge in [0.15, 0.2) is 0 Å². The number of ether oxygens (including phenoxy) is 2. The van der Waals surface area contributed by atoms with E-state index in [-0.39, 0.29) is 16.1 Å². The number of nitrogens with two attached hydrogens (primary N) is 1.